The predicted molar refractivity (Wildman–Crippen MR) is 99.8 cm³/mol. The number of aliphatic hydroxyl groups excluding tert-OH is 3. The number of aliphatic carboxylic acids is 1. The van der Waals surface area contributed by atoms with Gasteiger partial charge in [0.2, 0.25) is 0 Å². The van der Waals surface area contributed by atoms with Gasteiger partial charge in [-0.25, -0.2) is 0 Å². The van der Waals surface area contributed by atoms with Gasteiger partial charge in [0.15, 0.2) is 0 Å². The molecular formula is C20H34O6. The van der Waals surface area contributed by atoms with Gasteiger partial charge in [-0.3, -0.25) is 4.79 Å². The Bertz CT molecular complexity index is 448. The highest BCUT2D eigenvalue weighted by atomic mass is 16.5. The molecule has 0 bridgehead atoms. The molecular weight excluding hydrogens is 336 g/mol. The third kappa shape index (κ3) is 9.48. The molecule has 0 amide bonds. The standard InChI is InChI=1S/C20H34O6/c1-2-3-4-5-6-7-10-18-17(23)14-19(26-18)16(22)13-12-15(21)9-8-11-20(24)25/h6-7,12-13,15-19,21-23H,2-5,8-11,14H2,1H3,(H,24,25)/b7-6-,13-12+/t15-,16-,17-,18-,19+/m0/s1. The normalized spacial score (nSPS) is 25.9. The number of unbranched alkanes of at least 4 members (excludes halogenated alkanes) is 3. The molecule has 1 rings (SSSR count). The summed E-state index contributed by atoms with van der Waals surface area (Å²) in [5.41, 5.74) is 0. The first-order valence-electron chi connectivity index (χ1n) is 9.68. The molecule has 6 nitrogen and oxygen atoms in total. The Morgan fingerprint density at radius 2 is 1.96 bits per heavy atom. The van der Waals surface area contributed by atoms with Gasteiger partial charge in [0.1, 0.15) is 0 Å². The second kappa shape index (κ2) is 13.0. The Hall–Kier alpha value is -1.21. The molecule has 4 N–H and O–H groups in total. The van der Waals surface area contributed by atoms with Crippen molar-refractivity contribution >= 4 is 5.97 Å². The lowest BCUT2D eigenvalue weighted by molar-refractivity contribution is -0.137. The zero-order chi connectivity index (χ0) is 19.4. The molecule has 0 aromatic carbocycles. The summed E-state index contributed by atoms with van der Waals surface area (Å²) in [7, 11) is 0. The molecule has 0 unspecified atom stereocenters. The number of ether oxygens (including phenoxy) is 1. The van der Waals surface area contributed by atoms with Gasteiger partial charge >= 0.3 is 5.97 Å². The van der Waals surface area contributed by atoms with E-state index in [2.05, 4.69) is 13.0 Å². The van der Waals surface area contributed by atoms with E-state index in [-0.39, 0.29) is 12.5 Å². The molecule has 1 fully saturated rings. The SMILES string of the molecule is CCCCC/C=C\C[C@@H]1O[C@@H]([C@@H](O)/C=C/[C@@H](O)CCCC(=O)O)C[C@@H]1O. The number of hydrogen-bond acceptors (Lipinski definition) is 5. The van der Waals surface area contributed by atoms with Crippen molar-refractivity contribution in [3.8, 4) is 0 Å². The number of carboxylic acid groups (broad SMARTS) is 1. The minimum Gasteiger partial charge on any atom is -0.481 e. The van der Waals surface area contributed by atoms with Crippen molar-refractivity contribution in [2.24, 2.45) is 0 Å². The fourth-order valence-electron chi connectivity index (χ4n) is 2.98. The van der Waals surface area contributed by atoms with Crippen LogP contribution >= 0.6 is 0 Å². The first kappa shape index (κ1) is 22.8. The minimum absolute atomic E-state index is 0.0129. The lowest BCUT2D eigenvalue weighted by atomic mass is 10.0. The highest BCUT2D eigenvalue weighted by Gasteiger charge is 2.36. The van der Waals surface area contributed by atoms with Crippen LogP contribution in [0.5, 0.6) is 0 Å². The van der Waals surface area contributed by atoms with Gasteiger partial charge in [0.05, 0.1) is 30.5 Å². The molecule has 1 aliphatic rings. The average Bonchev–Trinajstić information content (AvgIpc) is 2.96. The van der Waals surface area contributed by atoms with Crippen LogP contribution in [-0.4, -0.2) is 56.9 Å². The summed E-state index contributed by atoms with van der Waals surface area (Å²) in [4.78, 5) is 10.4. The summed E-state index contributed by atoms with van der Waals surface area (Å²) in [6.45, 7) is 2.17. The highest BCUT2D eigenvalue weighted by Crippen LogP contribution is 2.26. The van der Waals surface area contributed by atoms with Crippen molar-refractivity contribution in [1.29, 1.82) is 0 Å². The van der Waals surface area contributed by atoms with Gasteiger partial charge in [0.25, 0.3) is 0 Å². The third-order valence-electron chi connectivity index (χ3n) is 4.56. The number of aliphatic hydroxyl groups is 3. The number of carbonyl (C=O) groups is 1. The Morgan fingerprint density at radius 1 is 1.19 bits per heavy atom. The van der Waals surface area contributed by atoms with Crippen molar-refractivity contribution in [2.45, 2.75) is 95.2 Å². The largest absolute Gasteiger partial charge is 0.481 e. The fraction of sp³-hybridized carbons (Fsp3) is 0.750. The van der Waals surface area contributed by atoms with Gasteiger partial charge < -0.3 is 25.2 Å². The van der Waals surface area contributed by atoms with Gasteiger partial charge in [0, 0.05) is 12.8 Å². The predicted octanol–water partition coefficient (Wildman–Crippen LogP) is 2.56. The first-order valence-corrected chi connectivity index (χ1v) is 9.68. The molecule has 0 aromatic heterocycles. The molecule has 1 heterocycles. The van der Waals surface area contributed by atoms with E-state index in [1.165, 1.54) is 31.4 Å². The van der Waals surface area contributed by atoms with Crippen LogP contribution in [0.15, 0.2) is 24.3 Å². The van der Waals surface area contributed by atoms with Crippen molar-refractivity contribution in [3.63, 3.8) is 0 Å². The van der Waals surface area contributed by atoms with E-state index in [0.29, 0.717) is 25.7 Å². The Morgan fingerprint density at radius 3 is 2.65 bits per heavy atom. The topological polar surface area (TPSA) is 107 Å². The van der Waals surface area contributed by atoms with Crippen LogP contribution in [0.1, 0.15) is 64.7 Å². The molecule has 6 heteroatoms. The molecule has 1 saturated heterocycles. The smallest absolute Gasteiger partial charge is 0.303 e. The van der Waals surface area contributed by atoms with Crippen molar-refractivity contribution in [2.75, 3.05) is 0 Å². The van der Waals surface area contributed by atoms with E-state index >= 15 is 0 Å². The van der Waals surface area contributed by atoms with Crippen LogP contribution in [0, 0.1) is 0 Å². The van der Waals surface area contributed by atoms with Crippen LogP contribution < -0.4 is 0 Å². The van der Waals surface area contributed by atoms with E-state index in [1.807, 2.05) is 6.08 Å². The minimum atomic E-state index is -0.905. The number of hydrogen-bond donors (Lipinski definition) is 4. The zero-order valence-electron chi connectivity index (χ0n) is 15.7. The van der Waals surface area contributed by atoms with Crippen molar-refractivity contribution in [1.82, 2.24) is 0 Å². The van der Waals surface area contributed by atoms with Crippen molar-refractivity contribution < 1.29 is 30.0 Å². The summed E-state index contributed by atoms with van der Waals surface area (Å²) in [5.74, 6) is -0.889. The molecule has 150 valence electrons. The number of carboxylic acids is 1. The third-order valence-corrected chi connectivity index (χ3v) is 4.56. The van der Waals surface area contributed by atoms with Gasteiger partial charge in [-0.05, 0) is 32.1 Å². The summed E-state index contributed by atoms with van der Waals surface area (Å²) in [6.07, 6.45) is 10.3. The summed E-state index contributed by atoms with van der Waals surface area (Å²) >= 11 is 0. The molecule has 0 aliphatic carbocycles. The molecule has 0 aromatic rings. The molecule has 0 radical (unpaired) electrons. The van der Waals surface area contributed by atoms with Gasteiger partial charge in [-0.1, -0.05) is 44.1 Å². The van der Waals surface area contributed by atoms with Crippen LogP contribution in [-0.2, 0) is 9.53 Å². The average molecular weight is 370 g/mol. The lowest BCUT2D eigenvalue weighted by Gasteiger charge is -2.16. The Labute approximate surface area is 156 Å². The Balaban J connectivity index is 2.31. The van der Waals surface area contributed by atoms with Crippen LogP contribution in [0.25, 0.3) is 0 Å². The molecule has 26 heavy (non-hydrogen) atoms. The van der Waals surface area contributed by atoms with Crippen molar-refractivity contribution in [3.05, 3.63) is 24.3 Å². The van der Waals surface area contributed by atoms with Gasteiger partial charge in [-0.15, -0.1) is 0 Å². The molecule has 5 atom stereocenters. The lowest BCUT2D eigenvalue weighted by Crippen LogP contribution is -2.24. The first-order chi connectivity index (χ1) is 12.4. The van der Waals surface area contributed by atoms with E-state index in [0.717, 1.165) is 6.42 Å². The van der Waals surface area contributed by atoms with E-state index in [4.69, 9.17) is 9.84 Å². The maximum Gasteiger partial charge on any atom is 0.303 e. The zero-order valence-corrected chi connectivity index (χ0v) is 15.7. The Kier molecular flexibility index (Phi) is 11.4. The molecule has 0 spiro atoms. The van der Waals surface area contributed by atoms with Crippen LogP contribution in [0.2, 0.25) is 0 Å². The maximum absolute atomic E-state index is 10.4. The summed E-state index contributed by atoms with van der Waals surface area (Å²) < 4.78 is 5.75. The number of allylic oxidation sites excluding steroid dienone is 1. The molecule has 0 saturated carbocycles. The van der Waals surface area contributed by atoms with Gasteiger partial charge in [-0.2, -0.15) is 0 Å². The molecule has 1 aliphatic heterocycles. The van der Waals surface area contributed by atoms with E-state index in [9.17, 15) is 20.1 Å². The van der Waals surface area contributed by atoms with Crippen LogP contribution in [0.4, 0.5) is 0 Å². The monoisotopic (exact) mass is 370 g/mol. The summed E-state index contributed by atoms with van der Waals surface area (Å²) in [5, 5.41) is 38.6. The second-order valence-corrected chi connectivity index (χ2v) is 6.95. The van der Waals surface area contributed by atoms with Crippen LogP contribution in [0.3, 0.4) is 0 Å². The van der Waals surface area contributed by atoms with E-state index in [1.54, 1.807) is 0 Å². The fourth-order valence-corrected chi connectivity index (χ4v) is 2.98. The van der Waals surface area contributed by atoms with E-state index < -0.39 is 30.4 Å². The number of rotatable bonds is 13. The maximum atomic E-state index is 10.4. The quantitative estimate of drug-likeness (QED) is 0.293. The summed E-state index contributed by atoms with van der Waals surface area (Å²) in [6, 6.07) is 0. The second-order valence-electron chi connectivity index (χ2n) is 6.95. The highest BCUT2D eigenvalue weighted by molar-refractivity contribution is 5.66.